The van der Waals surface area contributed by atoms with Crippen LogP contribution < -0.4 is 5.32 Å². The van der Waals surface area contributed by atoms with Crippen molar-refractivity contribution >= 4 is 25.6 Å². The van der Waals surface area contributed by atoms with E-state index in [4.69, 9.17) is 19.8 Å². The van der Waals surface area contributed by atoms with Gasteiger partial charge in [-0.3, -0.25) is 4.79 Å². The molecule has 0 saturated heterocycles. The Kier molecular flexibility index (Phi) is 5.84. The number of carbonyl (C=O) groups excluding carboxylic acids is 1. The Labute approximate surface area is 116 Å². The summed E-state index contributed by atoms with van der Waals surface area (Å²) in [5.74, 6) is -0.435. The first-order valence-corrected chi connectivity index (χ1v) is 7.99. The van der Waals surface area contributed by atoms with E-state index in [1.165, 1.54) is 6.92 Å². The third-order valence-electron chi connectivity index (χ3n) is 2.42. The summed E-state index contributed by atoms with van der Waals surface area (Å²) >= 11 is 0. The maximum atomic E-state index is 11.7. The molecular weight excluding hydrogens is 294 g/mol. The highest BCUT2D eigenvalue weighted by molar-refractivity contribution is 8.13. The second-order valence-electron chi connectivity index (χ2n) is 3.92. The molecule has 8 heteroatoms. The molecule has 0 aliphatic rings. The van der Waals surface area contributed by atoms with E-state index in [0.29, 0.717) is 13.2 Å². The van der Waals surface area contributed by atoms with E-state index in [9.17, 15) is 13.2 Å². The Morgan fingerprint density at radius 2 is 2.16 bits per heavy atom. The van der Waals surface area contributed by atoms with E-state index in [1.54, 1.807) is 7.11 Å². The van der Waals surface area contributed by atoms with Crippen LogP contribution in [0, 0.1) is 6.92 Å². The molecule has 1 aromatic rings. The summed E-state index contributed by atoms with van der Waals surface area (Å²) in [6.45, 7) is 2.53. The van der Waals surface area contributed by atoms with Gasteiger partial charge in [0.15, 0.2) is 5.76 Å². The first-order valence-electron chi connectivity index (χ1n) is 5.68. The van der Waals surface area contributed by atoms with E-state index in [-0.39, 0.29) is 16.4 Å². The lowest BCUT2D eigenvalue weighted by atomic mass is 10.3. The van der Waals surface area contributed by atoms with Crippen molar-refractivity contribution in [3.05, 3.63) is 17.6 Å². The zero-order valence-electron chi connectivity index (χ0n) is 10.7. The van der Waals surface area contributed by atoms with Gasteiger partial charge in [0.05, 0.1) is 0 Å². The number of aryl methyl sites for hydroxylation is 1. The number of nitrogens with one attached hydrogen (secondary N) is 1. The Hall–Kier alpha value is -1.05. The number of hydrogen-bond donors (Lipinski definition) is 1. The van der Waals surface area contributed by atoms with Gasteiger partial charge in [-0.2, -0.15) is 0 Å². The fourth-order valence-corrected chi connectivity index (χ4v) is 2.57. The largest absolute Gasteiger partial charge is 0.455 e. The van der Waals surface area contributed by atoms with Crippen LogP contribution in [0.4, 0.5) is 0 Å². The summed E-state index contributed by atoms with van der Waals surface area (Å²) in [5, 5.41) is 2.62. The molecule has 0 fully saturated rings. The summed E-state index contributed by atoms with van der Waals surface area (Å²) < 4.78 is 32.3. The Bertz CT molecular complexity index is 537. The lowest BCUT2D eigenvalue weighted by Crippen LogP contribution is -2.24. The van der Waals surface area contributed by atoms with Gasteiger partial charge in [0.2, 0.25) is 0 Å². The van der Waals surface area contributed by atoms with Gasteiger partial charge in [-0.05, 0) is 19.8 Å². The smallest absolute Gasteiger partial charge is 0.287 e. The quantitative estimate of drug-likeness (QED) is 0.611. The van der Waals surface area contributed by atoms with Crippen LogP contribution in [0.1, 0.15) is 29.2 Å². The van der Waals surface area contributed by atoms with Gasteiger partial charge in [-0.15, -0.1) is 0 Å². The van der Waals surface area contributed by atoms with E-state index in [1.807, 2.05) is 0 Å². The van der Waals surface area contributed by atoms with Crippen molar-refractivity contribution in [3.63, 3.8) is 0 Å². The van der Waals surface area contributed by atoms with Crippen LogP contribution in [0.25, 0.3) is 0 Å². The molecule has 0 atom stereocenters. The van der Waals surface area contributed by atoms with Crippen molar-refractivity contribution in [2.24, 2.45) is 0 Å². The minimum atomic E-state index is -3.90. The third-order valence-corrected chi connectivity index (χ3v) is 3.85. The Morgan fingerprint density at radius 1 is 1.47 bits per heavy atom. The van der Waals surface area contributed by atoms with Crippen LogP contribution in [0.2, 0.25) is 0 Å². The van der Waals surface area contributed by atoms with Gasteiger partial charge in [-0.25, -0.2) is 8.42 Å². The number of unbranched alkanes of at least 4 members (excludes halogenated alkanes) is 1. The van der Waals surface area contributed by atoms with E-state index in [2.05, 4.69) is 5.32 Å². The van der Waals surface area contributed by atoms with Crippen molar-refractivity contribution in [2.45, 2.75) is 24.7 Å². The van der Waals surface area contributed by atoms with Gasteiger partial charge >= 0.3 is 0 Å². The SMILES string of the molecule is COCCCCNC(=O)c1cc(S(=O)(=O)Cl)c(C)o1. The Morgan fingerprint density at radius 3 is 2.68 bits per heavy atom. The average Bonchev–Trinajstić information content (AvgIpc) is 2.70. The van der Waals surface area contributed by atoms with Gasteiger partial charge in [0.25, 0.3) is 15.0 Å². The molecule has 0 spiro atoms. The summed E-state index contributed by atoms with van der Waals surface area (Å²) in [4.78, 5) is 11.5. The topological polar surface area (TPSA) is 85.6 Å². The lowest BCUT2D eigenvalue weighted by molar-refractivity contribution is 0.0922. The number of furan rings is 1. The predicted octanol–water partition coefficient (Wildman–Crippen LogP) is 1.67. The zero-order chi connectivity index (χ0) is 14.5. The highest BCUT2D eigenvalue weighted by Crippen LogP contribution is 2.23. The second kappa shape index (κ2) is 6.93. The predicted molar refractivity (Wildman–Crippen MR) is 69.9 cm³/mol. The molecule has 1 heterocycles. The summed E-state index contributed by atoms with van der Waals surface area (Å²) in [7, 11) is 2.92. The molecule has 0 saturated carbocycles. The van der Waals surface area contributed by atoms with Crippen molar-refractivity contribution in [1.82, 2.24) is 5.32 Å². The van der Waals surface area contributed by atoms with Crippen molar-refractivity contribution in [3.8, 4) is 0 Å². The first-order chi connectivity index (χ1) is 8.86. The van der Waals surface area contributed by atoms with E-state index in [0.717, 1.165) is 18.9 Å². The van der Waals surface area contributed by atoms with Crippen LogP contribution in [-0.4, -0.2) is 34.6 Å². The number of methoxy groups -OCH3 is 1. The minimum Gasteiger partial charge on any atom is -0.455 e. The van der Waals surface area contributed by atoms with Crippen LogP contribution >= 0.6 is 10.7 Å². The molecule has 108 valence electrons. The van der Waals surface area contributed by atoms with Crippen LogP contribution in [0.5, 0.6) is 0 Å². The fourth-order valence-electron chi connectivity index (χ4n) is 1.48. The van der Waals surface area contributed by atoms with Gasteiger partial charge < -0.3 is 14.5 Å². The van der Waals surface area contributed by atoms with E-state index >= 15 is 0 Å². The average molecular weight is 310 g/mol. The molecule has 1 N–H and O–H groups in total. The van der Waals surface area contributed by atoms with Crippen LogP contribution in [-0.2, 0) is 13.8 Å². The molecule has 0 aromatic carbocycles. The van der Waals surface area contributed by atoms with Gasteiger partial charge in [0, 0.05) is 37.0 Å². The molecule has 1 aromatic heterocycles. The van der Waals surface area contributed by atoms with Crippen LogP contribution in [0.3, 0.4) is 0 Å². The highest BCUT2D eigenvalue weighted by atomic mass is 35.7. The van der Waals surface area contributed by atoms with Crippen molar-refractivity contribution in [1.29, 1.82) is 0 Å². The molecule has 1 rings (SSSR count). The summed E-state index contributed by atoms with van der Waals surface area (Å²) in [6, 6.07) is 1.13. The maximum Gasteiger partial charge on any atom is 0.287 e. The summed E-state index contributed by atoms with van der Waals surface area (Å²) in [5.41, 5.74) is 0. The maximum absolute atomic E-state index is 11.7. The van der Waals surface area contributed by atoms with Crippen molar-refractivity contribution in [2.75, 3.05) is 20.3 Å². The molecule has 19 heavy (non-hydrogen) atoms. The zero-order valence-corrected chi connectivity index (χ0v) is 12.3. The normalized spacial score (nSPS) is 11.5. The monoisotopic (exact) mass is 309 g/mol. The number of carbonyl (C=O) groups is 1. The second-order valence-corrected chi connectivity index (χ2v) is 6.46. The molecule has 0 bridgehead atoms. The lowest BCUT2D eigenvalue weighted by Gasteiger charge is -2.02. The van der Waals surface area contributed by atoms with Gasteiger partial charge in [-0.1, -0.05) is 0 Å². The number of ether oxygens (including phenoxy) is 1. The molecule has 0 aliphatic carbocycles. The van der Waals surface area contributed by atoms with E-state index < -0.39 is 15.0 Å². The minimum absolute atomic E-state index is 0.0662. The summed E-state index contributed by atoms with van der Waals surface area (Å²) in [6.07, 6.45) is 1.59. The molecule has 1 amide bonds. The molecule has 0 unspecified atom stereocenters. The molecule has 0 radical (unpaired) electrons. The third kappa shape index (κ3) is 4.85. The molecular formula is C11H16ClNO5S. The van der Waals surface area contributed by atoms with Crippen LogP contribution in [0.15, 0.2) is 15.4 Å². The number of amides is 1. The van der Waals surface area contributed by atoms with Gasteiger partial charge in [0.1, 0.15) is 10.7 Å². The molecule has 0 aliphatic heterocycles. The number of rotatable bonds is 7. The fraction of sp³-hybridized carbons (Fsp3) is 0.545. The Balaban J connectivity index is 2.59. The first kappa shape index (κ1) is 16.0. The number of halogens is 1. The highest BCUT2D eigenvalue weighted by Gasteiger charge is 2.21. The number of hydrogen-bond acceptors (Lipinski definition) is 5. The standard InChI is InChI=1S/C11H16ClNO5S/c1-8-10(19(12,15)16)7-9(18-8)11(14)13-5-3-4-6-17-2/h7H,3-6H2,1-2H3,(H,13,14). The van der Waals surface area contributed by atoms with Crippen molar-refractivity contribution < 1.29 is 22.4 Å². The molecule has 6 nitrogen and oxygen atoms in total.